The quantitative estimate of drug-likeness (QED) is 0.576. The third-order valence-corrected chi connectivity index (χ3v) is 3.81. The van der Waals surface area contributed by atoms with E-state index in [0.717, 1.165) is 12.8 Å². The molecule has 2 bridgehead atoms. The summed E-state index contributed by atoms with van der Waals surface area (Å²) in [6.07, 6.45) is 1.96. The van der Waals surface area contributed by atoms with E-state index in [9.17, 15) is 5.11 Å². The molecule has 3 aliphatic heterocycles. The van der Waals surface area contributed by atoms with E-state index in [0.29, 0.717) is 18.6 Å². The fourth-order valence-electron chi connectivity index (χ4n) is 3.12. The van der Waals surface area contributed by atoms with E-state index in [1.54, 1.807) is 0 Å². The number of aliphatic hydroxyl groups is 1. The maximum atomic E-state index is 9.53. The number of aliphatic hydroxyl groups excluding tert-OH is 1. The first-order valence-electron chi connectivity index (χ1n) is 4.70. The van der Waals surface area contributed by atoms with Crippen LogP contribution in [0.25, 0.3) is 0 Å². The molecule has 0 aromatic rings. The van der Waals surface area contributed by atoms with E-state index in [-0.39, 0.29) is 11.5 Å². The Morgan fingerprint density at radius 2 is 2.25 bits per heavy atom. The first-order chi connectivity index (χ1) is 5.72. The lowest BCUT2D eigenvalue weighted by molar-refractivity contribution is -0.0876. The summed E-state index contributed by atoms with van der Waals surface area (Å²) >= 11 is 0. The molecular formula is C9H14O3. The molecule has 3 rings (SSSR count). The van der Waals surface area contributed by atoms with Gasteiger partial charge in [-0.05, 0) is 18.8 Å². The Bertz CT molecular complexity index is 218. The lowest BCUT2D eigenvalue weighted by atomic mass is 9.73. The van der Waals surface area contributed by atoms with Crippen LogP contribution in [-0.4, -0.2) is 29.7 Å². The summed E-state index contributed by atoms with van der Waals surface area (Å²) in [7, 11) is 0. The Labute approximate surface area is 71.7 Å². The van der Waals surface area contributed by atoms with Crippen LogP contribution in [0.2, 0.25) is 0 Å². The molecule has 0 aliphatic carbocycles. The summed E-state index contributed by atoms with van der Waals surface area (Å²) in [4.78, 5) is 0. The van der Waals surface area contributed by atoms with Gasteiger partial charge in [0.1, 0.15) is 5.60 Å². The molecule has 0 amide bonds. The zero-order valence-corrected chi connectivity index (χ0v) is 7.19. The van der Waals surface area contributed by atoms with Gasteiger partial charge >= 0.3 is 0 Å². The summed E-state index contributed by atoms with van der Waals surface area (Å²) in [5.74, 6) is 0.796. The second-order valence-corrected chi connectivity index (χ2v) is 4.38. The summed E-state index contributed by atoms with van der Waals surface area (Å²) in [6.45, 7) is 2.80. The van der Waals surface area contributed by atoms with Crippen LogP contribution in [0.5, 0.6) is 0 Å². The SMILES string of the molecule is CC1CC2CC3[C@@H](O)OCC13O2. The Kier molecular flexibility index (Phi) is 1.23. The minimum atomic E-state index is -0.572. The van der Waals surface area contributed by atoms with Crippen LogP contribution in [0.3, 0.4) is 0 Å². The molecule has 1 N–H and O–H groups in total. The van der Waals surface area contributed by atoms with Crippen molar-refractivity contribution in [3.8, 4) is 0 Å². The predicted molar refractivity (Wildman–Crippen MR) is 41.5 cm³/mol. The van der Waals surface area contributed by atoms with Crippen molar-refractivity contribution in [2.75, 3.05) is 6.61 Å². The predicted octanol–water partition coefficient (Wildman–Crippen LogP) is 0.519. The minimum absolute atomic E-state index is 0.121. The highest BCUT2D eigenvalue weighted by molar-refractivity contribution is 5.09. The van der Waals surface area contributed by atoms with Crippen LogP contribution in [-0.2, 0) is 9.47 Å². The third kappa shape index (κ3) is 0.640. The summed E-state index contributed by atoms with van der Waals surface area (Å²) in [6, 6.07) is 0. The van der Waals surface area contributed by atoms with Crippen molar-refractivity contribution in [3.63, 3.8) is 0 Å². The van der Waals surface area contributed by atoms with Gasteiger partial charge < -0.3 is 14.6 Å². The van der Waals surface area contributed by atoms with Gasteiger partial charge in [-0.1, -0.05) is 6.92 Å². The molecule has 3 fully saturated rings. The second kappa shape index (κ2) is 2.03. The molecule has 3 aliphatic rings. The number of hydrogen-bond acceptors (Lipinski definition) is 3. The molecule has 12 heavy (non-hydrogen) atoms. The van der Waals surface area contributed by atoms with Crippen molar-refractivity contribution in [2.24, 2.45) is 11.8 Å². The largest absolute Gasteiger partial charge is 0.369 e. The average molecular weight is 170 g/mol. The smallest absolute Gasteiger partial charge is 0.160 e. The van der Waals surface area contributed by atoms with Gasteiger partial charge in [-0.2, -0.15) is 0 Å². The van der Waals surface area contributed by atoms with Crippen molar-refractivity contribution in [3.05, 3.63) is 0 Å². The summed E-state index contributed by atoms with van der Waals surface area (Å²) in [5.41, 5.74) is -0.121. The molecular weight excluding hydrogens is 156 g/mol. The molecule has 68 valence electrons. The third-order valence-electron chi connectivity index (χ3n) is 3.81. The Morgan fingerprint density at radius 1 is 1.42 bits per heavy atom. The molecule has 3 heteroatoms. The van der Waals surface area contributed by atoms with Gasteiger partial charge in [0.15, 0.2) is 6.29 Å². The second-order valence-electron chi connectivity index (χ2n) is 4.38. The molecule has 4 unspecified atom stereocenters. The molecule has 3 nitrogen and oxygen atoms in total. The van der Waals surface area contributed by atoms with Crippen LogP contribution >= 0.6 is 0 Å². The topological polar surface area (TPSA) is 38.7 Å². The zero-order valence-electron chi connectivity index (χ0n) is 7.19. The Morgan fingerprint density at radius 3 is 2.92 bits per heavy atom. The number of rotatable bonds is 0. The maximum absolute atomic E-state index is 9.53. The van der Waals surface area contributed by atoms with Crippen molar-refractivity contribution >= 4 is 0 Å². The van der Waals surface area contributed by atoms with E-state index in [1.165, 1.54) is 0 Å². The Hall–Kier alpha value is -0.120. The molecule has 0 aromatic heterocycles. The lowest BCUT2D eigenvalue weighted by Gasteiger charge is -2.29. The van der Waals surface area contributed by atoms with Gasteiger partial charge in [0.05, 0.1) is 12.7 Å². The first-order valence-corrected chi connectivity index (χ1v) is 4.70. The highest BCUT2D eigenvalue weighted by Crippen LogP contribution is 2.55. The molecule has 3 heterocycles. The molecule has 1 spiro atoms. The first kappa shape index (κ1) is 7.30. The molecule has 3 saturated heterocycles. The van der Waals surface area contributed by atoms with E-state index >= 15 is 0 Å². The van der Waals surface area contributed by atoms with Gasteiger partial charge in [-0.3, -0.25) is 0 Å². The monoisotopic (exact) mass is 170 g/mol. The van der Waals surface area contributed by atoms with Crippen molar-refractivity contribution in [1.82, 2.24) is 0 Å². The highest BCUT2D eigenvalue weighted by atomic mass is 16.6. The fraction of sp³-hybridized carbons (Fsp3) is 1.00. The van der Waals surface area contributed by atoms with Crippen molar-refractivity contribution in [2.45, 2.75) is 37.8 Å². The van der Waals surface area contributed by atoms with Crippen molar-refractivity contribution in [1.29, 1.82) is 0 Å². The highest BCUT2D eigenvalue weighted by Gasteiger charge is 2.63. The van der Waals surface area contributed by atoms with Crippen LogP contribution in [0, 0.1) is 11.8 Å². The van der Waals surface area contributed by atoms with Crippen LogP contribution in [0.1, 0.15) is 19.8 Å². The molecule has 5 atom stereocenters. The van der Waals surface area contributed by atoms with Crippen LogP contribution < -0.4 is 0 Å². The number of ether oxygens (including phenoxy) is 2. The van der Waals surface area contributed by atoms with E-state index in [2.05, 4.69) is 6.92 Å². The average Bonchev–Trinajstić information content (AvgIpc) is 2.60. The molecule has 0 saturated carbocycles. The van der Waals surface area contributed by atoms with Gasteiger partial charge in [0.25, 0.3) is 0 Å². The zero-order chi connectivity index (χ0) is 8.34. The molecule has 0 radical (unpaired) electrons. The summed E-state index contributed by atoms with van der Waals surface area (Å²) in [5, 5.41) is 9.53. The van der Waals surface area contributed by atoms with E-state index in [4.69, 9.17) is 9.47 Å². The number of hydrogen-bond donors (Lipinski definition) is 1. The van der Waals surface area contributed by atoms with E-state index in [1.807, 2.05) is 0 Å². The lowest BCUT2D eigenvalue weighted by Crippen LogP contribution is -2.41. The molecule has 0 aromatic carbocycles. The van der Waals surface area contributed by atoms with Crippen LogP contribution in [0.4, 0.5) is 0 Å². The Balaban J connectivity index is 1.99. The van der Waals surface area contributed by atoms with E-state index < -0.39 is 6.29 Å². The summed E-state index contributed by atoms with van der Waals surface area (Å²) < 4.78 is 11.1. The van der Waals surface area contributed by atoms with Crippen molar-refractivity contribution < 1.29 is 14.6 Å². The van der Waals surface area contributed by atoms with Crippen LogP contribution in [0.15, 0.2) is 0 Å². The van der Waals surface area contributed by atoms with Gasteiger partial charge in [-0.15, -0.1) is 0 Å². The standard InChI is InChI=1S/C9H14O3/c1-5-2-6-3-7-8(10)11-4-9(5,7)12-6/h5-8,10H,2-4H2,1H3/t5?,6?,7?,8-,9?/m0/s1. The normalized spacial score (nSPS) is 62.5. The minimum Gasteiger partial charge on any atom is -0.369 e. The van der Waals surface area contributed by atoms with Gasteiger partial charge in [0, 0.05) is 5.92 Å². The maximum Gasteiger partial charge on any atom is 0.160 e. The number of fused-ring (bicyclic) bond motifs is 1. The fourth-order valence-corrected chi connectivity index (χ4v) is 3.12. The van der Waals surface area contributed by atoms with Gasteiger partial charge in [-0.25, -0.2) is 0 Å². The van der Waals surface area contributed by atoms with Gasteiger partial charge in [0.2, 0.25) is 0 Å².